The van der Waals surface area contributed by atoms with E-state index in [-0.39, 0.29) is 16.2 Å². The average Bonchev–Trinajstić information content (AvgIpc) is 2.74. The molecule has 1 atom stereocenters. The Balaban J connectivity index is 2.03. The minimum absolute atomic E-state index is 0.0384. The SMILES string of the molecule is Cc1ccc(C(=O)C(CC(=O)c2ccc(C)c(C)c2)S(=O)(=O)c2ccc(C)cc2)cc1. The van der Waals surface area contributed by atoms with Gasteiger partial charge in [-0.3, -0.25) is 9.59 Å². The van der Waals surface area contributed by atoms with Gasteiger partial charge in [0.15, 0.2) is 21.4 Å². The van der Waals surface area contributed by atoms with Gasteiger partial charge in [-0.05, 0) is 57.0 Å². The van der Waals surface area contributed by atoms with Gasteiger partial charge >= 0.3 is 0 Å². The summed E-state index contributed by atoms with van der Waals surface area (Å²) in [5, 5.41) is -1.49. The van der Waals surface area contributed by atoms with Crippen LogP contribution in [0.25, 0.3) is 0 Å². The third-order valence-corrected chi connectivity index (χ3v) is 7.61. The summed E-state index contributed by atoms with van der Waals surface area (Å²) in [5.41, 5.74) is 4.53. The van der Waals surface area contributed by atoms with E-state index < -0.39 is 27.3 Å². The van der Waals surface area contributed by atoms with Gasteiger partial charge in [0.2, 0.25) is 0 Å². The summed E-state index contributed by atoms with van der Waals surface area (Å²) in [7, 11) is -4.07. The second kappa shape index (κ2) is 8.98. The van der Waals surface area contributed by atoms with E-state index in [2.05, 4.69) is 0 Å². The van der Waals surface area contributed by atoms with Crippen molar-refractivity contribution in [3.8, 4) is 0 Å². The molecule has 0 aromatic heterocycles. The van der Waals surface area contributed by atoms with E-state index in [1.807, 2.05) is 33.8 Å². The van der Waals surface area contributed by atoms with E-state index in [1.54, 1.807) is 48.5 Å². The molecule has 1 unspecified atom stereocenters. The van der Waals surface area contributed by atoms with Crippen molar-refractivity contribution in [1.29, 1.82) is 0 Å². The second-order valence-corrected chi connectivity index (χ2v) is 10.1. The number of carbonyl (C=O) groups is 2. The maximum atomic E-state index is 13.4. The minimum atomic E-state index is -4.07. The van der Waals surface area contributed by atoms with Gasteiger partial charge < -0.3 is 0 Å². The highest BCUT2D eigenvalue weighted by atomic mass is 32.2. The number of aryl methyl sites for hydroxylation is 4. The molecule has 0 radical (unpaired) electrons. The van der Waals surface area contributed by atoms with Crippen molar-refractivity contribution in [2.24, 2.45) is 0 Å². The highest BCUT2D eigenvalue weighted by Crippen LogP contribution is 2.25. The lowest BCUT2D eigenvalue weighted by Crippen LogP contribution is -2.33. The first-order chi connectivity index (χ1) is 14.6. The van der Waals surface area contributed by atoms with E-state index >= 15 is 0 Å². The number of sulfone groups is 1. The number of rotatable bonds is 7. The Hall–Kier alpha value is -3.05. The second-order valence-electron chi connectivity index (χ2n) is 8.00. The zero-order valence-electron chi connectivity index (χ0n) is 18.2. The van der Waals surface area contributed by atoms with Crippen LogP contribution < -0.4 is 0 Å². The Morgan fingerprint density at radius 3 is 1.77 bits per heavy atom. The molecule has 4 nitrogen and oxygen atoms in total. The summed E-state index contributed by atoms with van der Waals surface area (Å²) in [5.74, 6) is -0.943. The monoisotopic (exact) mass is 434 g/mol. The molecule has 3 aromatic rings. The van der Waals surface area contributed by atoms with Crippen LogP contribution in [0.4, 0.5) is 0 Å². The van der Waals surface area contributed by atoms with Gasteiger partial charge in [-0.1, -0.05) is 59.7 Å². The van der Waals surface area contributed by atoms with Crippen molar-refractivity contribution >= 4 is 21.4 Å². The summed E-state index contributed by atoms with van der Waals surface area (Å²) in [6.45, 7) is 7.58. The first-order valence-corrected chi connectivity index (χ1v) is 11.7. The molecule has 0 bridgehead atoms. The van der Waals surface area contributed by atoms with Crippen LogP contribution in [0.15, 0.2) is 71.6 Å². The smallest absolute Gasteiger partial charge is 0.189 e. The Kier molecular flexibility index (Phi) is 6.56. The highest BCUT2D eigenvalue weighted by Gasteiger charge is 2.36. The molecular weight excluding hydrogens is 408 g/mol. The number of ketones is 2. The number of carbonyl (C=O) groups excluding carboxylic acids is 2. The van der Waals surface area contributed by atoms with Crippen LogP contribution in [0.3, 0.4) is 0 Å². The number of hydrogen-bond acceptors (Lipinski definition) is 4. The molecule has 3 rings (SSSR count). The molecule has 3 aromatic carbocycles. The maximum Gasteiger partial charge on any atom is 0.189 e. The van der Waals surface area contributed by atoms with Gasteiger partial charge in [0.25, 0.3) is 0 Å². The summed E-state index contributed by atoms with van der Waals surface area (Å²) < 4.78 is 26.9. The third kappa shape index (κ3) is 5.00. The first-order valence-electron chi connectivity index (χ1n) is 10.1. The molecule has 0 aliphatic rings. The standard InChI is InChI=1S/C26H26O4S/c1-17-5-10-21(11-6-17)26(28)25(31(29,30)23-13-7-18(2)8-14-23)16-24(27)22-12-9-19(3)20(4)15-22/h5-15,25H,16H2,1-4H3. The van der Waals surface area contributed by atoms with Gasteiger partial charge in [0.05, 0.1) is 4.90 Å². The molecule has 5 heteroatoms. The fraction of sp³-hybridized carbons (Fsp3) is 0.231. The van der Waals surface area contributed by atoms with Gasteiger partial charge in [-0.15, -0.1) is 0 Å². The van der Waals surface area contributed by atoms with Gasteiger partial charge in [0, 0.05) is 17.5 Å². The predicted molar refractivity (Wildman–Crippen MR) is 123 cm³/mol. The molecule has 0 heterocycles. The summed E-state index contributed by atoms with van der Waals surface area (Å²) in [6, 6.07) is 18.3. The lowest BCUT2D eigenvalue weighted by Gasteiger charge is -2.17. The van der Waals surface area contributed by atoms with Crippen molar-refractivity contribution in [3.63, 3.8) is 0 Å². The molecule has 0 fully saturated rings. The molecule has 0 aliphatic carbocycles. The van der Waals surface area contributed by atoms with E-state index in [9.17, 15) is 18.0 Å². The van der Waals surface area contributed by atoms with Gasteiger partial charge in [-0.25, -0.2) is 8.42 Å². The van der Waals surface area contributed by atoms with Crippen molar-refractivity contribution < 1.29 is 18.0 Å². The molecule has 0 aliphatic heterocycles. The molecule has 0 amide bonds. The zero-order chi connectivity index (χ0) is 22.8. The number of Topliss-reactive ketones (excluding diaryl/α,β-unsaturated/α-hetero) is 2. The topological polar surface area (TPSA) is 68.3 Å². The quantitative estimate of drug-likeness (QED) is 0.478. The van der Waals surface area contributed by atoms with E-state index in [4.69, 9.17) is 0 Å². The van der Waals surface area contributed by atoms with Crippen molar-refractivity contribution in [1.82, 2.24) is 0 Å². The fourth-order valence-corrected chi connectivity index (χ4v) is 4.97. The van der Waals surface area contributed by atoms with Crippen LogP contribution in [-0.4, -0.2) is 25.2 Å². The van der Waals surface area contributed by atoms with E-state index in [0.717, 1.165) is 22.3 Å². The normalized spacial score (nSPS) is 12.4. The van der Waals surface area contributed by atoms with Crippen molar-refractivity contribution in [3.05, 3.63) is 100 Å². The molecule has 0 saturated carbocycles. The lowest BCUT2D eigenvalue weighted by molar-refractivity contribution is 0.0920. The Morgan fingerprint density at radius 1 is 0.710 bits per heavy atom. The van der Waals surface area contributed by atoms with Crippen LogP contribution in [0.2, 0.25) is 0 Å². The van der Waals surface area contributed by atoms with E-state index in [1.165, 1.54) is 12.1 Å². The molecule has 160 valence electrons. The molecular formula is C26H26O4S. The molecule has 0 spiro atoms. The summed E-state index contributed by atoms with van der Waals surface area (Å²) in [6.07, 6.45) is -0.411. The lowest BCUT2D eigenvalue weighted by atomic mass is 9.98. The van der Waals surface area contributed by atoms with Crippen molar-refractivity contribution in [2.45, 2.75) is 44.3 Å². The Labute approximate surface area is 183 Å². The Morgan fingerprint density at radius 2 is 1.23 bits per heavy atom. The number of benzene rings is 3. The first kappa shape index (κ1) is 22.6. The van der Waals surface area contributed by atoms with Crippen LogP contribution in [0.5, 0.6) is 0 Å². The van der Waals surface area contributed by atoms with Crippen LogP contribution in [0, 0.1) is 27.7 Å². The van der Waals surface area contributed by atoms with E-state index in [0.29, 0.717) is 5.56 Å². The molecule has 31 heavy (non-hydrogen) atoms. The predicted octanol–water partition coefficient (Wildman–Crippen LogP) is 5.22. The number of hydrogen-bond donors (Lipinski definition) is 0. The van der Waals surface area contributed by atoms with Crippen LogP contribution in [-0.2, 0) is 9.84 Å². The van der Waals surface area contributed by atoms with Crippen LogP contribution >= 0.6 is 0 Å². The summed E-state index contributed by atoms with van der Waals surface area (Å²) >= 11 is 0. The average molecular weight is 435 g/mol. The highest BCUT2D eigenvalue weighted by molar-refractivity contribution is 7.92. The van der Waals surface area contributed by atoms with Gasteiger partial charge in [0.1, 0.15) is 5.25 Å². The molecule has 0 saturated heterocycles. The zero-order valence-corrected chi connectivity index (χ0v) is 19.0. The Bertz CT molecular complexity index is 1220. The third-order valence-electron chi connectivity index (χ3n) is 5.55. The van der Waals surface area contributed by atoms with Crippen LogP contribution in [0.1, 0.15) is 49.4 Å². The van der Waals surface area contributed by atoms with Crippen molar-refractivity contribution in [2.75, 3.05) is 0 Å². The van der Waals surface area contributed by atoms with Gasteiger partial charge in [-0.2, -0.15) is 0 Å². The maximum absolute atomic E-state index is 13.4. The fourth-order valence-electron chi connectivity index (χ4n) is 3.34. The minimum Gasteiger partial charge on any atom is -0.294 e. The largest absolute Gasteiger partial charge is 0.294 e. The molecule has 0 N–H and O–H groups in total. The summed E-state index contributed by atoms with van der Waals surface area (Å²) in [4.78, 5) is 26.4.